The molecule has 0 heterocycles. The van der Waals surface area contributed by atoms with Crippen molar-refractivity contribution in [3.05, 3.63) is 53.7 Å². The van der Waals surface area contributed by atoms with Crippen LogP contribution in [-0.4, -0.2) is 6.21 Å². The lowest BCUT2D eigenvalue weighted by molar-refractivity contribution is 1.03. The van der Waals surface area contributed by atoms with E-state index in [2.05, 4.69) is 43.6 Å². The van der Waals surface area contributed by atoms with Crippen molar-refractivity contribution in [2.45, 2.75) is 47.5 Å². The van der Waals surface area contributed by atoms with Crippen molar-refractivity contribution in [3.8, 4) is 0 Å². The fraction of sp³-hybridized carbons (Fsp3) is 0.389. The van der Waals surface area contributed by atoms with E-state index in [1.165, 1.54) is 16.7 Å². The van der Waals surface area contributed by atoms with Crippen LogP contribution in [0.2, 0.25) is 0 Å². The number of benzene rings is 1. The van der Waals surface area contributed by atoms with Gasteiger partial charge < -0.3 is 0 Å². The van der Waals surface area contributed by atoms with E-state index in [0.717, 1.165) is 18.4 Å². The smallest absolute Gasteiger partial charge is 0.0342 e. The molecule has 0 atom stereocenters. The number of hydrogen-bond acceptors (Lipinski definition) is 1. The Morgan fingerprint density at radius 2 is 1.89 bits per heavy atom. The van der Waals surface area contributed by atoms with E-state index < -0.39 is 0 Å². The van der Waals surface area contributed by atoms with Crippen LogP contribution in [0.25, 0.3) is 5.57 Å². The SMILES string of the molecule is C=C/C(=C\N=CC)c1cccc(CC)c1CC.CC. The van der Waals surface area contributed by atoms with E-state index in [1.807, 2.05) is 33.0 Å². The molecule has 0 radical (unpaired) electrons. The van der Waals surface area contributed by atoms with Gasteiger partial charge in [0.05, 0.1) is 0 Å². The molecule has 0 aliphatic heterocycles. The molecule has 0 unspecified atom stereocenters. The molecule has 1 heteroatoms. The minimum atomic E-state index is 1.04. The molecular formula is C18H27N. The fourth-order valence-corrected chi connectivity index (χ4v) is 2.04. The minimum Gasteiger partial charge on any atom is -0.269 e. The first kappa shape index (κ1) is 17.4. The summed E-state index contributed by atoms with van der Waals surface area (Å²) in [5.41, 5.74) is 5.17. The van der Waals surface area contributed by atoms with Gasteiger partial charge in [-0.2, -0.15) is 0 Å². The molecule has 1 nitrogen and oxygen atoms in total. The molecule has 1 aromatic rings. The summed E-state index contributed by atoms with van der Waals surface area (Å²) in [7, 11) is 0. The Morgan fingerprint density at radius 3 is 2.37 bits per heavy atom. The summed E-state index contributed by atoms with van der Waals surface area (Å²) >= 11 is 0. The monoisotopic (exact) mass is 257 g/mol. The molecule has 0 saturated heterocycles. The Kier molecular flexibility index (Phi) is 9.42. The quantitative estimate of drug-likeness (QED) is 0.491. The van der Waals surface area contributed by atoms with Gasteiger partial charge in [-0.25, -0.2) is 0 Å². The van der Waals surface area contributed by atoms with Crippen molar-refractivity contribution in [1.29, 1.82) is 0 Å². The molecule has 0 aliphatic rings. The van der Waals surface area contributed by atoms with Crippen LogP contribution in [-0.2, 0) is 12.8 Å². The average Bonchev–Trinajstić information content (AvgIpc) is 2.49. The molecule has 104 valence electrons. The summed E-state index contributed by atoms with van der Waals surface area (Å²) in [4.78, 5) is 4.19. The molecule has 0 amide bonds. The van der Waals surface area contributed by atoms with Gasteiger partial charge in [-0.3, -0.25) is 4.99 Å². The van der Waals surface area contributed by atoms with Gasteiger partial charge in [0, 0.05) is 12.4 Å². The Balaban J connectivity index is 0.00000154. The zero-order valence-corrected chi connectivity index (χ0v) is 13.0. The molecular weight excluding hydrogens is 230 g/mol. The van der Waals surface area contributed by atoms with Gasteiger partial charge in [0.1, 0.15) is 0 Å². The Hall–Kier alpha value is -1.63. The van der Waals surface area contributed by atoms with Crippen molar-refractivity contribution in [1.82, 2.24) is 0 Å². The molecule has 0 bridgehead atoms. The van der Waals surface area contributed by atoms with E-state index in [-0.39, 0.29) is 0 Å². The first-order valence-electron chi connectivity index (χ1n) is 7.19. The molecule has 0 spiro atoms. The second-order valence-electron chi connectivity index (χ2n) is 3.85. The Bertz CT molecular complexity index is 439. The number of aryl methyl sites for hydroxylation is 1. The lowest BCUT2D eigenvalue weighted by atomic mass is 9.93. The highest BCUT2D eigenvalue weighted by molar-refractivity contribution is 5.77. The predicted octanol–water partition coefficient (Wildman–Crippen LogP) is 5.46. The zero-order valence-electron chi connectivity index (χ0n) is 13.0. The normalized spacial score (nSPS) is 11.1. The van der Waals surface area contributed by atoms with Crippen molar-refractivity contribution in [3.63, 3.8) is 0 Å². The third kappa shape index (κ3) is 4.86. The first-order valence-corrected chi connectivity index (χ1v) is 7.19. The standard InChI is InChI=1S/C16H21N.C2H6/c1-5-13-10-9-11-16(15(13)7-3)14(6-2)12-17-8-4;1-2/h6,8-12H,2,5,7H2,1,3-4H3;1-2H3/b14-12+,17-8?;. The summed E-state index contributed by atoms with van der Waals surface area (Å²) in [6.07, 6.45) is 7.65. The highest BCUT2D eigenvalue weighted by atomic mass is 14.7. The van der Waals surface area contributed by atoms with E-state index in [1.54, 1.807) is 6.21 Å². The zero-order chi connectivity index (χ0) is 14.7. The van der Waals surface area contributed by atoms with Crippen LogP contribution in [0.1, 0.15) is 51.3 Å². The fourth-order valence-electron chi connectivity index (χ4n) is 2.04. The highest BCUT2D eigenvalue weighted by Crippen LogP contribution is 2.24. The molecule has 0 aromatic heterocycles. The Labute approximate surface area is 118 Å². The predicted molar refractivity (Wildman–Crippen MR) is 88.9 cm³/mol. The van der Waals surface area contributed by atoms with Crippen LogP contribution in [0.5, 0.6) is 0 Å². The summed E-state index contributed by atoms with van der Waals surface area (Å²) < 4.78 is 0. The van der Waals surface area contributed by atoms with Crippen molar-refractivity contribution in [2.75, 3.05) is 0 Å². The third-order valence-electron chi connectivity index (χ3n) is 2.90. The van der Waals surface area contributed by atoms with Crippen molar-refractivity contribution in [2.24, 2.45) is 4.99 Å². The van der Waals surface area contributed by atoms with Gasteiger partial charge in [0.15, 0.2) is 0 Å². The van der Waals surface area contributed by atoms with Crippen molar-refractivity contribution >= 4 is 11.8 Å². The molecule has 1 aromatic carbocycles. The van der Waals surface area contributed by atoms with Gasteiger partial charge in [0.2, 0.25) is 0 Å². The van der Waals surface area contributed by atoms with Crippen LogP contribution >= 0.6 is 0 Å². The number of allylic oxidation sites excluding steroid dienone is 2. The molecule has 19 heavy (non-hydrogen) atoms. The summed E-state index contributed by atoms with van der Waals surface area (Å²) in [5.74, 6) is 0. The topological polar surface area (TPSA) is 12.4 Å². The largest absolute Gasteiger partial charge is 0.269 e. The minimum absolute atomic E-state index is 1.04. The second kappa shape index (κ2) is 10.3. The highest BCUT2D eigenvalue weighted by Gasteiger charge is 2.07. The second-order valence-corrected chi connectivity index (χ2v) is 3.85. The van der Waals surface area contributed by atoms with Crippen LogP contribution in [0.3, 0.4) is 0 Å². The molecule has 0 saturated carbocycles. The van der Waals surface area contributed by atoms with E-state index in [0.29, 0.717) is 0 Å². The van der Waals surface area contributed by atoms with Gasteiger partial charge >= 0.3 is 0 Å². The van der Waals surface area contributed by atoms with Crippen LogP contribution in [0.4, 0.5) is 0 Å². The van der Waals surface area contributed by atoms with Gasteiger partial charge in [-0.15, -0.1) is 0 Å². The van der Waals surface area contributed by atoms with E-state index in [4.69, 9.17) is 0 Å². The average molecular weight is 257 g/mol. The molecule has 0 aliphatic carbocycles. The van der Waals surface area contributed by atoms with Crippen LogP contribution in [0.15, 0.2) is 42.0 Å². The summed E-state index contributed by atoms with van der Waals surface area (Å²) in [6.45, 7) is 14.2. The maximum Gasteiger partial charge on any atom is 0.0342 e. The molecule has 0 fully saturated rings. The first-order chi connectivity index (χ1) is 9.28. The third-order valence-corrected chi connectivity index (χ3v) is 2.90. The number of nitrogens with zero attached hydrogens (tertiary/aromatic N) is 1. The Morgan fingerprint density at radius 1 is 1.21 bits per heavy atom. The lowest BCUT2D eigenvalue weighted by Crippen LogP contribution is -1.97. The van der Waals surface area contributed by atoms with Gasteiger partial charge in [-0.05, 0) is 42.0 Å². The summed E-state index contributed by atoms with van der Waals surface area (Å²) in [6, 6.07) is 6.46. The van der Waals surface area contributed by atoms with Gasteiger partial charge in [0.25, 0.3) is 0 Å². The molecule has 1 rings (SSSR count). The maximum atomic E-state index is 4.19. The maximum absolute atomic E-state index is 4.19. The van der Waals surface area contributed by atoms with E-state index in [9.17, 15) is 0 Å². The van der Waals surface area contributed by atoms with Gasteiger partial charge in [-0.1, -0.05) is 58.5 Å². The lowest BCUT2D eigenvalue weighted by Gasteiger charge is -2.12. The van der Waals surface area contributed by atoms with Crippen LogP contribution < -0.4 is 0 Å². The molecule has 0 N–H and O–H groups in total. The number of aliphatic imine (C=N–C) groups is 1. The van der Waals surface area contributed by atoms with E-state index >= 15 is 0 Å². The summed E-state index contributed by atoms with van der Waals surface area (Å²) in [5, 5.41) is 0. The number of rotatable bonds is 5. The van der Waals surface area contributed by atoms with Crippen LogP contribution in [0, 0.1) is 0 Å². The number of hydrogen-bond donors (Lipinski definition) is 0. The van der Waals surface area contributed by atoms with Crippen molar-refractivity contribution < 1.29 is 0 Å².